The summed E-state index contributed by atoms with van der Waals surface area (Å²) in [6, 6.07) is 13.1. The lowest BCUT2D eigenvalue weighted by Crippen LogP contribution is -2.26. The minimum atomic E-state index is -0.496. The third-order valence-electron chi connectivity index (χ3n) is 4.68. The van der Waals surface area contributed by atoms with E-state index in [1.54, 1.807) is 42.0 Å². The van der Waals surface area contributed by atoms with E-state index in [2.05, 4.69) is 0 Å². The van der Waals surface area contributed by atoms with Crippen molar-refractivity contribution < 1.29 is 23.8 Å². The lowest BCUT2D eigenvalue weighted by molar-refractivity contribution is -0.149. The van der Waals surface area contributed by atoms with Crippen LogP contribution in [-0.4, -0.2) is 38.9 Å². The third-order valence-corrected chi connectivity index (χ3v) is 5.42. The summed E-state index contributed by atoms with van der Waals surface area (Å²) in [5.41, 5.74) is 1.54. The predicted octanol–water partition coefficient (Wildman–Crippen LogP) is 3.52. The van der Waals surface area contributed by atoms with Crippen LogP contribution in [0.3, 0.4) is 0 Å². The van der Waals surface area contributed by atoms with E-state index in [1.165, 1.54) is 7.11 Å². The number of anilines is 1. The van der Waals surface area contributed by atoms with Gasteiger partial charge < -0.3 is 19.1 Å². The third kappa shape index (κ3) is 4.42. The van der Waals surface area contributed by atoms with E-state index < -0.39 is 5.92 Å². The van der Waals surface area contributed by atoms with E-state index in [9.17, 15) is 9.59 Å². The number of thioether (sulfide) groups is 1. The Balaban J connectivity index is 1.64. The minimum absolute atomic E-state index is 0.124. The molecule has 3 rings (SSSR count). The van der Waals surface area contributed by atoms with E-state index in [1.807, 2.05) is 30.5 Å². The van der Waals surface area contributed by atoms with Crippen molar-refractivity contribution >= 4 is 29.3 Å². The fourth-order valence-corrected chi connectivity index (χ4v) is 3.51. The topological polar surface area (TPSA) is 65.1 Å². The first-order valence-electron chi connectivity index (χ1n) is 8.87. The molecule has 0 bridgehead atoms. The van der Waals surface area contributed by atoms with Gasteiger partial charge in [0.25, 0.3) is 0 Å². The van der Waals surface area contributed by atoms with Crippen molar-refractivity contribution in [3.8, 4) is 11.5 Å². The summed E-state index contributed by atoms with van der Waals surface area (Å²) in [6.45, 7) is 0.468. The molecule has 1 aliphatic heterocycles. The second-order valence-corrected chi connectivity index (χ2v) is 7.28. The van der Waals surface area contributed by atoms with E-state index in [-0.39, 0.29) is 31.4 Å². The molecule has 2 aromatic carbocycles. The first kappa shape index (κ1) is 20.1. The highest BCUT2D eigenvalue weighted by atomic mass is 32.2. The highest BCUT2D eigenvalue weighted by Crippen LogP contribution is 2.36. The van der Waals surface area contributed by atoms with Crippen LogP contribution in [0, 0.1) is 5.92 Å². The van der Waals surface area contributed by atoms with Crippen LogP contribution in [0.15, 0.2) is 47.4 Å². The monoisotopic (exact) mass is 401 g/mol. The van der Waals surface area contributed by atoms with Gasteiger partial charge in [-0.25, -0.2) is 0 Å². The van der Waals surface area contributed by atoms with Gasteiger partial charge in [0.05, 0.1) is 25.8 Å². The number of nitrogens with zero attached hydrogens (tertiary/aromatic N) is 1. The summed E-state index contributed by atoms with van der Waals surface area (Å²) in [5.74, 6) is 0.170. The normalized spacial score (nSPS) is 16.2. The molecule has 0 radical (unpaired) electrons. The van der Waals surface area contributed by atoms with Crippen LogP contribution in [0.4, 0.5) is 5.69 Å². The maximum atomic E-state index is 12.5. The Morgan fingerprint density at radius 3 is 2.54 bits per heavy atom. The number of benzene rings is 2. The van der Waals surface area contributed by atoms with Crippen LogP contribution in [0.2, 0.25) is 0 Å². The average Bonchev–Trinajstić information content (AvgIpc) is 3.13. The molecule has 28 heavy (non-hydrogen) atoms. The number of carbonyl (C=O) groups excluding carboxylic acids is 2. The molecule has 1 aliphatic rings. The number of hydrogen-bond donors (Lipinski definition) is 0. The van der Waals surface area contributed by atoms with E-state index in [4.69, 9.17) is 14.2 Å². The van der Waals surface area contributed by atoms with Crippen molar-refractivity contribution in [2.75, 3.05) is 31.9 Å². The van der Waals surface area contributed by atoms with Crippen LogP contribution in [-0.2, 0) is 20.9 Å². The minimum Gasteiger partial charge on any atom is -0.497 e. The van der Waals surface area contributed by atoms with Crippen molar-refractivity contribution in [2.24, 2.45) is 5.92 Å². The van der Waals surface area contributed by atoms with Crippen LogP contribution < -0.4 is 14.4 Å². The zero-order chi connectivity index (χ0) is 20.1. The number of carbonyl (C=O) groups is 2. The van der Waals surface area contributed by atoms with Gasteiger partial charge in [-0.1, -0.05) is 12.1 Å². The first-order chi connectivity index (χ1) is 13.5. The Labute approximate surface area is 168 Å². The van der Waals surface area contributed by atoms with Gasteiger partial charge in [0, 0.05) is 23.9 Å². The quantitative estimate of drug-likeness (QED) is 0.522. The first-order valence-corrected chi connectivity index (χ1v) is 10.1. The van der Waals surface area contributed by atoms with Gasteiger partial charge in [0.1, 0.15) is 18.1 Å². The van der Waals surface area contributed by atoms with Gasteiger partial charge >= 0.3 is 5.97 Å². The largest absolute Gasteiger partial charge is 0.497 e. The van der Waals surface area contributed by atoms with E-state index in [0.717, 1.165) is 10.5 Å². The van der Waals surface area contributed by atoms with Crippen molar-refractivity contribution in [1.82, 2.24) is 0 Å². The molecule has 1 amide bonds. The van der Waals surface area contributed by atoms with Gasteiger partial charge in [0.2, 0.25) is 5.91 Å². The standard InChI is InChI=1S/C21H23NO5S/c1-25-16-6-9-18(19(11-16)26-2)22-12-15(10-20(22)23)21(24)27-13-14-4-7-17(28-3)8-5-14/h4-9,11,15H,10,12-13H2,1-3H3/t15-/m0/s1. The summed E-state index contributed by atoms with van der Waals surface area (Å²) in [5, 5.41) is 0. The maximum absolute atomic E-state index is 12.5. The van der Waals surface area contributed by atoms with Gasteiger partial charge in [-0.15, -0.1) is 11.8 Å². The van der Waals surface area contributed by atoms with Gasteiger partial charge in [-0.3, -0.25) is 9.59 Å². The van der Waals surface area contributed by atoms with E-state index in [0.29, 0.717) is 17.2 Å². The Morgan fingerprint density at radius 1 is 1.14 bits per heavy atom. The number of amides is 1. The Hall–Kier alpha value is -2.67. The SMILES string of the molecule is COc1ccc(N2C[C@@H](C(=O)OCc3ccc(SC)cc3)CC2=O)c(OC)c1. The summed E-state index contributed by atoms with van der Waals surface area (Å²) < 4.78 is 16.0. The van der Waals surface area contributed by atoms with Crippen molar-refractivity contribution in [1.29, 1.82) is 0 Å². The molecule has 1 heterocycles. The molecular formula is C21H23NO5S. The fraction of sp³-hybridized carbons (Fsp3) is 0.333. The number of methoxy groups -OCH3 is 2. The van der Waals surface area contributed by atoms with Crippen molar-refractivity contribution in [3.63, 3.8) is 0 Å². The molecule has 7 heteroatoms. The summed E-state index contributed by atoms with van der Waals surface area (Å²) in [7, 11) is 3.10. The molecule has 1 atom stereocenters. The molecule has 0 unspecified atom stereocenters. The number of ether oxygens (including phenoxy) is 3. The fourth-order valence-electron chi connectivity index (χ4n) is 3.10. The number of esters is 1. The van der Waals surface area contributed by atoms with Gasteiger partial charge in [-0.05, 0) is 36.1 Å². The Bertz CT molecular complexity index is 852. The molecule has 0 aliphatic carbocycles. The molecular weight excluding hydrogens is 378 g/mol. The zero-order valence-electron chi connectivity index (χ0n) is 16.1. The molecule has 1 saturated heterocycles. The predicted molar refractivity (Wildman–Crippen MR) is 108 cm³/mol. The van der Waals surface area contributed by atoms with Crippen molar-refractivity contribution in [2.45, 2.75) is 17.9 Å². The zero-order valence-corrected chi connectivity index (χ0v) is 17.0. The Morgan fingerprint density at radius 2 is 1.89 bits per heavy atom. The highest BCUT2D eigenvalue weighted by molar-refractivity contribution is 7.98. The lowest BCUT2D eigenvalue weighted by Gasteiger charge is -2.20. The molecule has 148 valence electrons. The summed E-state index contributed by atoms with van der Waals surface area (Å²) >= 11 is 1.66. The molecule has 2 aromatic rings. The van der Waals surface area contributed by atoms with Gasteiger partial charge in [0.15, 0.2) is 0 Å². The smallest absolute Gasteiger partial charge is 0.311 e. The number of hydrogen-bond acceptors (Lipinski definition) is 6. The van der Waals surface area contributed by atoms with E-state index >= 15 is 0 Å². The molecule has 0 saturated carbocycles. The van der Waals surface area contributed by atoms with Crippen LogP contribution in [0.5, 0.6) is 11.5 Å². The van der Waals surface area contributed by atoms with Crippen LogP contribution in [0.1, 0.15) is 12.0 Å². The molecule has 6 nitrogen and oxygen atoms in total. The molecule has 0 N–H and O–H groups in total. The average molecular weight is 401 g/mol. The highest BCUT2D eigenvalue weighted by Gasteiger charge is 2.37. The number of rotatable bonds is 7. The summed E-state index contributed by atoms with van der Waals surface area (Å²) in [6.07, 6.45) is 2.13. The molecule has 0 aromatic heterocycles. The lowest BCUT2D eigenvalue weighted by atomic mass is 10.1. The molecule has 1 fully saturated rings. The van der Waals surface area contributed by atoms with Crippen LogP contribution >= 0.6 is 11.8 Å². The second-order valence-electron chi connectivity index (χ2n) is 6.40. The van der Waals surface area contributed by atoms with Crippen LogP contribution in [0.25, 0.3) is 0 Å². The maximum Gasteiger partial charge on any atom is 0.311 e. The summed E-state index contributed by atoms with van der Waals surface area (Å²) in [4.78, 5) is 27.7. The Kier molecular flexibility index (Phi) is 6.46. The van der Waals surface area contributed by atoms with Crippen molar-refractivity contribution in [3.05, 3.63) is 48.0 Å². The van der Waals surface area contributed by atoms with Gasteiger partial charge in [-0.2, -0.15) is 0 Å². The molecule has 0 spiro atoms. The second kappa shape index (κ2) is 9.01.